The van der Waals surface area contributed by atoms with Gasteiger partial charge in [0.25, 0.3) is 0 Å². The lowest BCUT2D eigenvalue weighted by atomic mass is 10.1. The summed E-state index contributed by atoms with van der Waals surface area (Å²) in [6, 6.07) is 8.69. The smallest absolute Gasteiger partial charge is 0.243 e. The highest BCUT2D eigenvalue weighted by atomic mass is 16.2. The fraction of sp³-hybridized carbons (Fsp3) is 0.400. The topological polar surface area (TPSA) is 87.3 Å². The third-order valence-corrected chi connectivity index (χ3v) is 2.78. The van der Waals surface area contributed by atoms with Crippen LogP contribution in [0.25, 0.3) is 0 Å². The number of amides is 2. The molecule has 3 N–H and O–H groups in total. The first-order chi connectivity index (χ1) is 10.0. The van der Waals surface area contributed by atoms with E-state index in [4.69, 9.17) is 0 Å². The molecule has 6 heteroatoms. The number of benzene rings is 1. The number of Topliss-reactive ketones (excluding diaryl/α,β-unsaturated/α-hetero) is 1. The molecule has 0 fully saturated rings. The number of carbonyl (C=O) groups excluding carboxylic acids is 3. The Morgan fingerprint density at radius 2 is 1.76 bits per heavy atom. The van der Waals surface area contributed by atoms with E-state index in [2.05, 4.69) is 16.0 Å². The van der Waals surface area contributed by atoms with Crippen LogP contribution >= 0.6 is 0 Å². The fourth-order valence-electron chi connectivity index (χ4n) is 1.80. The summed E-state index contributed by atoms with van der Waals surface area (Å²) in [5.41, 5.74) is 0.935. The molecule has 1 aromatic carbocycles. The van der Waals surface area contributed by atoms with E-state index in [0.717, 1.165) is 5.56 Å². The SMILES string of the molecule is CNCC(=O)NC(Cc1ccccc1)C(=O)NCC(C)=O. The zero-order valence-corrected chi connectivity index (χ0v) is 12.3. The first kappa shape index (κ1) is 16.8. The largest absolute Gasteiger partial charge is 0.347 e. The molecule has 0 spiro atoms. The van der Waals surface area contributed by atoms with Crippen molar-refractivity contribution in [3.05, 3.63) is 35.9 Å². The van der Waals surface area contributed by atoms with Crippen LogP contribution < -0.4 is 16.0 Å². The van der Waals surface area contributed by atoms with Gasteiger partial charge in [-0.05, 0) is 19.5 Å². The Morgan fingerprint density at radius 1 is 1.10 bits per heavy atom. The molecule has 1 unspecified atom stereocenters. The van der Waals surface area contributed by atoms with Crippen molar-refractivity contribution < 1.29 is 14.4 Å². The Kier molecular flexibility index (Phi) is 7.11. The molecule has 1 rings (SSSR count). The summed E-state index contributed by atoms with van der Waals surface area (Å²) in [5.74, 6) is -0.765. The van der Waals surface area contributed by atoms with Gasteiger partial charge in [-0.2, -0.15) is 0 Å². The van der Waals surface area contributed by atoms with E-state index in [0.29, 0.717) is 6.42 Å². The summed E-state index contributed by atoms with van der Waals surface area (Å²) in [6.45, 7) is 1.49. The zero-order chi connectivity index (χ0) is 15.7. The van der Waals surface area contributed by atoms with Crippen molar-refractivity contribution >= 4 is 17.6 Å². The molecule has 0 aliphatic rings. The van der Waals surface area contributed by atoms with Gasteiger partial charge in [0.05, 0.1) is 13.1 Å². The average Bonchev–Trinajstić information content (AvgIpc) is 2.45. The Morgan fingerprint density at radius 3 is 2.33 bits per heavy atom. The van der Waals surface area contributed by atoms with Crippen molar-refractivity contribution in [3.8, 4) is 0 Å². The van der Waals surface area contributed by atoms with Crippen LogP contribution in [0.5, 0.6) is 0 Å². The number of rotatable bonds is 8. The van der Waals surface area contributed by atoms with Crippen LogP contribution in [0.4, 0.5) is 0 Å². The molecule has 2 amide bonds. The van der Waals surface area contributed by atoms with E-state index < -0.39 is 6.04 Å². The van der Waals surface area contributed by atoms with Crippen molar-refractivity contribution in [3.63, 3.8) is 0 Å². The quantitative estimate of drug-likeness (QED) is 0.610. The van der Waals surface area contributed by atoms with Crippen molar-refractivity contribution in [1.29, 1.82) is 0 Å². The van der Waals surface area contributed by atoms with E-state index in [9.17, 15) is 14.4 Å². The highest BCUT2D eigenvalue weighted by Gasteiger charge is 2.20. The molecular weight excluding hydrogens is 270 g/mol. The van der Waals surface area contributed by atoms with Gasteiger partial charge >= 0.3 is 0 Å². The molecule has 0 bridgehead atoms. The summed E-state index contributed by atoms with van der Waals surface area (Å²) >= 11 is 0. The van der Waals surface area contributed by atoms with Crippen LogP contribution in [0, 0.1) is 0 Å². The highest BCUT2D eigenvalue weighted by Crippen LogP contribution is 2.03. The Hall–Kier alpha value is -2.21. The third kappa shape index (κ3) is 6.67. The second-order valence-electron chi connectivity index (χ2n) is 4.76. The minimum Gasteiger partial charge on any atom is -0.347 e. The van der Waals surface area contributed by atoms with Crippen LogP contribution in [0.1, 0.15) is 12.5 Å². The van der Waals surface area contributed by atoms with Gasteiger partial charge in [0.2, 0.25) is 11.8 Å². The minimum atomic E-state index is -0.701. The second kappa shape index (κ2) is 8.86. The van der Waals surface area contributed by atoms with Crippen molar-refractivity contribution in [2.45, 2.75) is 19.4 Å². The molecule has 0 aliphatic carbocycles. The molecule has 1 aromatic rings. The summed E-state index contributed by atoms with van der Waals surface area (Å²) in [5, 5.41) is 7.92. The maximum Gasteiger partial charge on any atom is 0.243 e. The maximum atomic E-state index is 12.1. The van der Waals surface area contributed by atoms with E-state index >= 15 is 0 Å². The van der Waals surface area contributed by atoms with Crippen molar-refractivity contribution in [2.24, 2.45) is 0 Å². The van der Waals surface area contributed by atoms with Crippen LogP contribution in [0.15, 0.2) is 30.3 Å². The van der Waals surface area contributed by atoms with Gasteiger partial charge in [-0.3, -0.25) is 14.4 Å². The lowest BCUT2D eigenvalue weighted by Crippen LogP contribution is -2.50. The molecule has 1 atom stereocenters. The first-order valence-corrected chi connectivity index (χ1v) is 6.78. The molecule has 21 heavy (non-hydrogen) atoms. The lowest BCUT2D eigenvalue weighted by Gasteiger charge is -2.18. The fourth-order valence-corrected chi connectivity index (χ4v) is 1.80. The van der Waals surface area contributed by atoms with E-state index in [1.165, 1.54) is 6.92 Å². The molecule has 0 saturated heterocycles. The number of hydrogen-bond donors (Lipinski definition) is 3. The van der Waals surface area contributed by atoms with Crippen LogP contribution in [-0.4, -0.2) is 43.8 Å². The van der Waals surface area contributed by atoms with E-state index in [-0.39, 0.29) is 30.7 Å². The Bertz CT molecular complexity index is 488. The van der Waals surface area contributed by atoms with Crippen LogP contribution in [0.2, 0.25) is 0 Å². The Balaban J connectivity index is 2.71. The highest BCUT2D eigenvalue weighted by molar-refractivity contribution is 5.91. The number of likely N-dealkylation sites (N-methyl/N-ethyl adjacent to an activating group) is 1. The van der Waals surface area contributed by atoms with Gasteiger partial charge in [-0.15, -0.1) is 0 Å². The maximum absolute atomic E-state index is 12.1. The number of hydrogen-bond acceptors (Lipinski definition) is 4. The lowest BCUT2D eigenvalue weighted by molar-refractivity contribution is -0.129. The predicted molar refractivity (Wildman–Crippen MR) is 79.7 cm³/mol. The molecule has 0 aromatic heterocycles. The van der Waals surface area contributed by atoms with E-state index in [1.807, 2.05) is 30.3 Å². The van der Waals surface area contributed by atoms with Gasteiger partial charge in [0.1, 0.15) is 11.8 Å². The van der Waals surface area contributed by atoms with Crippen LogP contribution in [-0.2, 0) is 20.8 Å². The average molecular weight is 291 g/mol. The van der Waals surface area contributed by atoms with Gasteiger partial charge in [0, 0.05) is 6.42 Å². The van der Waals surface area contributed by atoms with Crippen molar-refractivity contribution in [2.75, 3.05) is 20.1 Å². The molecule has 6 nitrogen and oxygen atoms in total. The predicted octanol–water partition coefficient (Wildman–Crippen LogP) is -0.361. The van der Waals surface area contributed by atoms with Gasteiger partial charge in [-0.1, -0.05) is 30.3 Å². The number of nitrogens with one attached hydrogen (secondary N) is 3. The standard InChI is InChI=1S/C15H21N3O3/c1-11(19)9-17-15(21)13(18-14(20)10-16-2)8-12-6-4-3-5-7-12/h3-7,13,16H,8-10H2,1-2H3,(H,17,21)(H,18,20). The number of carbonyl (C=O) groups is 3. The van der Waals surface area contributed by atoms with Crippen molar-refractivity contribution in [1.82, 2.24) is 16.0 Å². The van der Waals surface area contributed by atoms with Gasteiger partial charge in [-0.25, -0.2) is 0 Å². The summed E-state index contributed by atoms with van der Waals surface area (Å²) in [7, 11) is 1.65. The third-order valence-electron chi connectivity index (χ3n) is 2.78. The number of ketones is 1. The van der Waals surface area contributed by atoms with Gasteiger partial charge in [0.15, 0.2) is 0 Å². The second-order valence-corrected chi connectivity index (χ2v) is 4.76. The molecule has 114 valence electrons. The zero-order valence-electron chi connectivity index (χ0n) is 12.3. The molecule has 0 aliphatic heterocycles. The minimum absolute atomic E-state index is 0.0357. The summed E-state index contributed by atoms with van der Waals surface area (Å²) in [4.78, 5) is 34.7. The Labute approximate surface area is 124 Å². The van der Waals surface area contributed by atoms with Gasteiger partial charge < -0.3 is 16.0 Å². The van der Waals surface area contributed by atoms with Crippen LogP contribution in [0.3, 0.4) is 0 Å². The summed E-state index contributed by atoms with van der Waals surface area (Å²) in [6.07, 6.45) is 0.375. The molecule has 0 radical (unpaired) electrons. The first-order valence-electron chi connectivity index (χ1n) is 6.78. The molecule has 0 saturated carbocycles. The molecular formula is C15H21N3O3. The summed E-state index contributed by atoms with van der Waals surface area (Å²) < 4.78 is 0. The molecule has 0 heterocycles. The monoisotopic (exact) mass is 291 g/mol. The normalized spacial score (nSPS) is 11.5. The van der Waals surface area contributed by atoms with E-state index in [1.54, 1.807) is 7.05 Å².